The van der Waals surface area contributed by atoms with Gasteiger partial charge in [0.05, 0.1) is 0 Å². The third-order valence-electron chi connectivity index (χ3n) is 1.75. The van der Waals surface area contributed by atoms with E-state index >= 15 is 0 Å². The predicted molar refractivity (Wildman–Crippen MR) is 54.3 cm³/mol. The summed E-state index contributed by atoms with van der Waals surface area (Å²) in [6, 6.07) is 3.50. The first-order valence-electron chi connectivity index (χ1n) is 3.82. The van der Waals surface area contributed by atoms with Crippen LogP contribution < -0.4 is 0 Å². The summed E-state index contributed by atoms with van der Waals surface area (Å²) in [4.78, 5) is 21.8. The highest BCUT2D eigenvalue weighted by Crippen LogP contribution is 2.22. The average Bonchev–Trinajstić information content (AvgIpc) is 2.08. The minimum atomic E-state index is -0.0429. The van der Waals surface area contributed by atoms with E-state index in [0.717, 1.165) is 11.8 Å². The Bertz CT molecular complexity index is 369. The zero-order chi connectivity index (χ0) is 10.0. The Balaban J connectivity index is 3.44. The van der Waals surface area contributed by atoms with Gasteiger partial charge in [0, 0.05) is 15.6 Å². The van der Waals surface area contributed by atoms with Gasteiger partial charge in [-0.1, -0.05) is 0 Å². The van der Waals surface area contributed by atoms with Crippen molar-refractivity contribution in [3.63, 3.8) is 0 Å². The van der Waals surface area contributed by atoms with Crippen LogP contribution in [0.3, 0.4) is 0 Å². The molecule has 0 aliphatic carbocycles. The van der Waals surface area contributed by atoms with Gasteiger partial charge in [0.1, 0.15) is 0 Å². The Kier molecular flexibility index (Phi) is 2.98. The van der Waals surface area contributed by atoms with E-state index in [2.05, 4.69) is 15.9 Å². The van der Waals surface area contributed by atoms with Crippen molar-refractivity contribution in [2.75, 3.05) is 0 Å². The molecule has 1 aromatic rings. The van der Waals surface area contributed by atoms with Crippen LogP contribution in [0.2, 0.25) is 0 Å². The lowest BCUT2D eigenvalue weighted by Crippen LogP contribution is -1.98. The van der Waals surface area contributed by atoms with Crippen molar-refractivity contribution in [1.82, 2.24) is 0 Å². The summed E-state index contributed by atoms with van der Waals surface area (Å²) in [5, 5.41) is 0. The lowest BCUT2D eigenvalue weighted by atomic mass is 10.0. The Morgan fingerprint density at radius 1 is 1.46 bits per heavy atom. The normalized spacial score (nSPS) is 9.77. The number of carbonyl (C=O) groups excluding carboxylic acids is 2. The molecule has 3 heteroatoms. The average molecular weight is 241 g/mol. The van der Waals surface area contributed by atoms with Crippen molar-refractivity contribution in [3.8, 4) is 0 Å². The molecule has 1 aromatic carbocycles. The largest absolute Gasteiger partial charge is 0.298 e. The molecule has 0 bridgehead atoms. The van der Waals surface area contributed by atoms with Crippen LogP contribution >= 0.6 is 15.9 Å². The van der Waals surface area contributed by atoms with Crippen molar-refractivity contribution in [1.29, 1.82) is 0 Å². The molecular formula is C10H9BrO2. The molecule has 0 aliphatic rings. The molecule has 13 heavy (non-hydrogen) atoms. The van der Waals surface area contributed by atoms with Crippen molar-refractivity contribution in [2.24, 2.45) is 0 Å². The van der Waals surface area contributed by atoms with E-state index in [9.17, 15) is 9.59 Å². The summed E-state index contributed by atoms with van der Waals surface area (Å²) in [7, 11) is 0. The van der Waals surface area contributed by atoms with E-state index < -0.39 is 0 Å². The zero-order valence-corrected chi connectivity index (χ0v) is 9.01. The lowest BCUT2D eigenvalue weighted by Gasteiger charge is -2.04. The van der Waals surface area contributed by atoms with Gasteiger partial charge in [-0.05, 0) is 47.5 Å². The molecule has 0 unspecified atom stereocenters. The monoisotopic (exact) mass is 240 g/mol. The minimum Gasteiger partial charge on any atom is -0.298 e. The first-order valence-corrected chi connectivity index (χ1v) is 4.62. The first kappa shape index (κ1) is 10.1. The number of carbonyl (C=O) groups is 2. The standard InChI is InChI=1S/C10H9BrO2/c1-6-3-8(5-12)10(11)9(4-6)7(2)13/h3-5H,1-2H3. The highest BCUT2D eigenvalue weighted by molar-refractivity contribution is 9.10. The van der Waals surface area contributed by atoms with Crippen LogP contribution in [0.25, 0.3) is 0 Å². The third-order valence-corrected chi connectivity index (χ3v) is 2.64. The van der Waals surface area contributed by atoms with Crippen molar-refractivity contribution >= 4 is 28.0 Å². The highest BCUT2D eigenvalue weighted by atomic mass is 79.9. The number of aldehydes is 1. The smallest absolute Gasteiger partial charge is 0.160 e. The number of aryl methyl sites for hydroxylation is 1. The minimum absolute atomic E-state index is 0.0429. The molecule has 0 radical (unpaired) electrons. The Hall–Kier alpha value is -0.960. The number of Topliss-reactive ketones (excluding diaryl/α,β-unsaturated/α-hetero) is 1. The summed E-state index contributed by atoms with van der Waals surface area (Å²) < 4.78 is 0.584. The van der Waals surface area contributed by atoms with Crippen LogP contribution in [-0.4, -0.2) is 12.1 Å². The van der Waals surface area contributed by atoms with Gasteiger partial charge in [-0.15, -0.1) is 0 Å². The molecule has 0 aromatic heterocycles. The molecule has 0 N–H and O–H groups in total. The molecular weight excluding hydrogens is 232 g/mol. The van der Waals surface area contributed by atoms with Gasteiger partial charge in [0.2, 0.25) is 0 Å². The fraction of sp³-hybridized carbons (Fsp3) is 0.200. The second kappa shape index (κ2) is 3.83. The van der Waals surface area contributed by atoms with E-state index in [1.165, 1.54) is 6.92 Å². The van der Waals surface area contributed by atoms with Crippen LogP contribution in [0, 0.1) is 6.92 Å². The van der Waals surface area contributed by atoms with Gasteiger partial charge < -0.3 is 0 Å². The van der Waals surface area contributed by atoms with Gasteiger partial charge in [-0.25, -0.2) is 0 Å². The van der Waals surface area contributed by atoms with Crippen molar-refractivity contribution in [2.45, 2.75) is 13.8 Å². The first-order chi connectivity index (χ1) is 6.06. The number of benzene rings is 1. The van der Waals surface area contributed by atoms with Gasteiger partial charge >= 0.3 is 0 Å². The number of rotatable bonds is 2. The predicted octanol–water partition coefficient (Wildman–Crippen LogP) is 2.77. The summed E-state index contributed by atoms with van der Waals surface area (Å²) in [6.45, 7) is 3.33. The van der Waals surface area contributed by atoms with Crippen molar-refractivity contribution in [3.05, 3.63) is 33.3 Å². The maximum atomic E-state index is 11.1. The third kappa shape index (κ3) is 2.04. The molecule has 68 valence electrons. The second-order valence-corrected chi connectivity index (χ2v) is 3.68. The Morgan fingerprint density at radius 3 is 2.54 bits per heavy atom. The number of hydrogen-bond donors (Lipinski definition) is 0. The van der Waals surface area contributed by atoms with E-state index in [0.29, 0.717) is 15.6 Å². The molecule has 1 rings (SSSR count). The van der Waals surface area contributed by atoms with Crippen LogP contribution in [0.1, 0.15) is 33.2 Å². The number of ketones is 1. The number of hydrogen-bond acceptors (Lipinski definition) is 2. The molecule has 2 nitrogen and oxygen atoms in total. The molecule has 0 saturated carbocycles. The SMILES string of the molecule is CC(=O)c1cc(C)cc(C=O)c1Br. The maximum absolute atomic E-state index is 11.1. The van der Waals surface area contributed by atoms with E-state index in [1.54, 1.807) is 12.1 Å². The quantitative estimate of drug-likeness (QED) is 0.589. The van der Waals surface area contributed by atoms with Crippen LogP contribution in [-0.2, 0) is 0 Å². The zero-order valence-electron chi connectivity index (χ0n) is 7.43. The van der Waals surface area contributed by atoms with E-state index in [1.807, 2.05) is 6.92 Å². The van der Waals surface area contributed by atoms with Gasteiger partial charge in [-0.3, -0.25) is 9.59 Å². The van der Waals surface area contributed by atoms with Crippen molar-refractivity contribution < 1.29 is 9.59 Å². The topological polar surface area (TPSA) is 34.1 Å². The summed E-state index contributed by atoms with van der Waals surface area (Å²) in [5.74, 6) is -0.0429. The fourth-order valence-electron chi connectivity index (χ4n) is 1.14. The lowest BCUT2D eigenvalue weighted by molar-refractivity contribution is 0.101. The Labute approximate surface area is 85.1 Å². The molecule has 0 heterocycles. The molecule has 0 fully saturated rings. The molecule has 0 amide bonds. The van der Waals surface area contributed by atoms with Crippen LogP contribution in [0.15, 0.2) is 16.6 Å². The molecule has 0 aliphatic heterocycles. The Morgan fingerprint density at radius 2 is 2.08 bits per heavy atom. The van der Waals surface area contributed by atoms with Crippen LogP contribution in [0.4, 0.5) is 0 Å². The maximum Gasteiger partial charge on any atom is 0.160 e. The second-order valence-electron chi connectivity index (χ2n) is 2.89. The van der Waals surface area contributed by atoms with Gasteiger partial charge in [0.15, 0.2) is 12.1 Å². The van der Waals surface area contributed by atoms with E-state index in [4.69, 9.17) is 0 Å². The molecule has 0 spiro atoms. The van der Waals surface area contributed by atoms with Crippen LogP contribution in [0.5, 0.6) is 0 Å². The van der Waals surface area contributed by atoms with Gasteiger partial charge in [0.25, 0.3) is 0 Å². The summed E-state index contributed by atoms with van der Waals surface area (Å²) in [6.07, 6.45) is 0.740. The van der Waals surface area contributed by atoms with E-state index in [-0.39, 0.29) is 5.78 Å². The molecule has 0 saturated heterocycles. The fourth-order valence-corrected chi connectivity index (χ4v) is 1.74. The highest BCUT2D eigenvalue weighted by Gasteiger charge is 2.09. The van der Waals surface area contributed by atoms with Gasteiger partial charge in [-0.2, -0.15) is 0 Å². The summed E-state index contributed by atoms with van der Waals surface area (Å²) in [5.41, 5.74) is 1.99. The molecule has 0 atom stereocenters. The number of halogens is 1. The summed E-state index contributed by atoms with van der Waals surface area (Å²) >= 11 is 3.22.